The van der Waals surface area contributed by atoms with Crippen LogP contribution in [0.2, 0.25) is 5.02 Å². The Kier molecular flexibility index (Phi) is 4.04. The van der Waals surface area contributed by atoms with Crippen molar-refractivity contribution in [1.82, 2.24) is 4.98 Å². The Hall–Kier alpha value is -2.28. The van der Waals surface area contributed by atoms with E-state index in [0.29, 0.717) is 16.8 Å². The first-order valence-corrected chi connectivity index (χ1v) is 6.05. The molecular weight excluding hydrogens is 307 g/mol. The highest BCUT2D eigenvalue weighted by molar-refractivity contribution is 6.33. The Morgan fingerprint density at radius 2 is 1.95 bits per heavy atom. The molecule has 3 N–H and O–H groups in total. The zero-order chi connectivity index (χ0) is 15.6. The predicted octanol–water partition coefficient (Wildman–Crippen LogP) is 3.59. The van der Waals surface area contributed by atoms with Gasteiger partial charge in [-0.1, -0.05) is 11.6 Å². The SMILES string of the molecule is Nc1cc(NC(=O)c2cc(C(F)(F)F)ccn2)ccc1Cl. The summed E-state index contributed by atoms with van der Waals surface area (Å²) < 4.78 is 37.7. The summed E-state index contributed by atoms with van der Waals surface area (Å²) in [5.41, 5.74) is 4.82. The van der Waals surface area contributed by atoms with Gasteiger partial charge in [-0.25, -0.2) is 0 Å². The maximum absolute atomic E-state index is 12.6. The van der Waals surface area contributed by atoms with Gasteiger partial charge in [0.05, 0.1) is 16.3 Å². The number of anilines is 2. The number of rotatable bonds is 2. The van der Waals surface area contributed by atoms with Crippen molar-refractivity contribution in [2.24, 2.45) is 0 Å². The number of aromatic nitrogens is 1. The van der Waals surface area contributed by atoms with Crippen LogP contribution < -0.4 is 11.1 Å². The minimum absolute atomic E-state index is 0.242. The van der Waals surface area contributed by atoms with Crippen molar-refractivity contribution in [2.75, 3.05) is 11.1 Å². The molecule has 21 heavy (non-hydrogen) atoms. The normalized spacial score (nSPS) is 11.2. The Morgan fingerprint density at radius 3 is 2.57 bits per heavy atom. The van der Waals surface area contributed by atoms with Crippen LogP contribution in [0.4, 0.5) is 24.5 Å². The van der Waals surface area contributed by atoms with Gasteiger partial charge in [-0.15, -0.1) is 0 Å². The van der Waals surface area contributed by atoms with Crippen molar-refractivity contribution in [3.8, 4) is 0 Å². The van der Waals surface area contributed by atoms with E-state index >= 15 is 0 Å². The molecule has 2 aromatic rings. The van der Waals surface area contributed by atoms with Gasteiger partial charge >= 0.3 is 6.18 Å². The molecule has 0 spiro atoms. The van der Waals surface area contributed by atoms with Crippen LogP contribution in [0, 0.1) is 0 Å². The van der Waals surface area contributed by atoms with Gasteiger partial charge in [-0.3, -0.25) is 9.78 Å². The smallest absolute Gasteiger partial charge is 0.397 e. The molecular formula is C13H9ClF3N3O. The largest absolute Gasteiger partial charge is 0.416 e. The first kappa shape index (κ1) is 15.1. The summed E-state index contributed by atoms with van der Waals surface area (Å²) in [6.07, 6.45) is -3.61. The van der Waals surface area contributed by atoms with Crippen molar-refractivity contribution in [3.05, 3.63) is 52.8 Å². The molecule has 2 rings (SSSR count). The van der Waals surface area contributed by atoms with Gasteiger partial charge in [-0.2, -0.15) is 13.2 Å². The molecule has 1 amide bonds. The van der Waals surface area contributed by atoms with Crippen LogP contribution >= 0.6 is 11.6 Å². The molecule has 0 aliphatic carbocycles. The molecule has 0 bridgehead atoms. The van der Waals surface area contributed by atoms with E-state index in [-0.39, 0.29) is 11.4 Å². The number of amides is 1. The topological polar surface area (TPSA) is 68.0 Å². The van der Waals surface area contributed by atoms with Gasteiger partial charge in [0.15, 0.2) is 0 Å². The van der Waals surface area contributed by atoms with Crippen LogP contribution in [0.25, 0.3) is 0 Å². The molecule has 0 radical (unpaired) electrons. The Labute approximate surface area is 122 Å². The number of alkyl halides is 3. The summed E-state index contributed by atoms with van der Waals surface area (Å²) in [7, 11) is 0. The molecule has 0 atom stereocenters. The number of carbonyl (C=O) groups is 1. The molecule has 0 fully saturated rings. The number of nitrogens with zero attached hydrogens (tertiary/aromatic N) is 1. The molecule has 0 saturated carbocycles. The molecule has 1 heterocycles. The van der Waals surface area contributed by atoms with Crippen molar-refractivity contribution in [3.63, 3.8) is 0 Å². The number of nitrogens with one attached hydrogen (secondary N) is 1. The average molecular weight is 316 g/mol. The van der Waals surface area contributed by atoms with Crippen LogP contribution in [0.15, 0.2) is 36.5 Å². The molecule has 1 aromatic heterocycles. The standard InChI is InChI=1S/C13H9ClF3N3O/c14-9-2-1-8(6-10(9)18)20-12(21)11-5-7(3-4-19-11)13(15,16)17/h1-6H,18H2,(H,20,21). The molecule has 1 aromatic carbocycles. The lowest BCUT2D eigenvalue weighted by atomic mass is 10.2. The van der Waals surface area contributed by atoms with E-state index in [4.69, 9.17) is 17.3 Å². The average Bonchev–Trinajstić information content (AvgIpc) is 2.42. The summed E-state index contributed by atoms with van der Waals surface area (Å²) >= 11 is 5.73. The monoisotopic (exact) mass is 315 g/mol. The van der Waals surface area contributed by atoms with Crippen molar-refractivity contribution < 1.29 is 18.0 Å². The van der Waals surface area contributed by atoms with Gasteiger partial charge in [-0.05, 0) is 30.3 Å². The van der Waals surface area contributed by atoms with Gasteiger partial charge in [0.25, 0.3) is 5.91 Å². The van der Waals surface area contributed by atoms with Gasteiger partial charge in [0, 0.05) is 11.9 Å². The number of carbonyl (C=O) groups excluding carboxylic acids is 1. The van der Waals surface area contributed by atoms with Crippen LogP contribution in [0.3, 0.4) is 0 Å². The minimum Gasteiger partial charge on any atom is -0.397 e. The van der Waals surface area contributed by atoms with E-state index in [0.717, 1.165) is 12.3 Å². The first-order chi connectivity index (χ1) is 9.77. The van der Waals surface area contributed by atoms with Crippen LogP contribution in [-0.4, -0.2) is 10.9 Å². The molecule has 0 saturated heterocycles. The Bertz CT molecular complexity index is 689. The summed E-state index contributed by atoms with van der Waals surface area (Å²) in [6.45, 7) is 0. The fourth-order valence-electron chi connectivity index (χ4n) is 1.55. The number of nitrogens with two attached hydrogens (primary N) is 1. The molecule has 0 aliphatic rings. The summed E-state index contributed by atoms with van der Waals surface area (Å²) in [4.78, 5) is 15.5. The quantitative estimate of drug-likeness (QED) is 0.832. The molecule has 0 aliphatic heterocycles. The summed E-state index contributed by atoms with van der Waals surface area (Å²) in [5, 5.41) is 2.71. The second-order valence-electron chi connectivity index (χ2n) is 4.12. The van der Waals surface area contributed by atoms with Crippen molar-refractivity contribution in [2.45, 2.75) is 6.18 Å². The van der Waals surface area contributed by atoms with E-state index in [1.54, 1.807) is 0 Å². The first-order valence-electron chi connectivity index (χ1n) is 5.67. The minimum atomic E-state index is -4.54. The van der Waals surface area contributed by atoms with Crippen LogP contribution in [0.1, 0.15) is 16.1 Å². The lowest BCUT2D eigenvalue weighted by Crippen LogP contribution is -2.15. The number of pyridine rings is 1. The zero-order valence-corrected chi connectivity index (χ0v) is 11.2. The molecule has 0 unspecified atom stereocenters. The number of nitrogen functional groups attached to an aromatic ring is 1. The predicted molar refractivity (Wildman–Crippen MR) is 73.1 cm³/mol. The molecule has 110 valence electrons. The third kappa shape index (κ3) is 3.63. The Morgan fingerprint density at radius 1 is 1.24 bits per heavy atom. The van der Waals surface area contributed by atoms with E-state index < -0.39 is 17.6 Å². The highest BCUT2D eigenvalue weighted by Gasteiger charge is 2.31. The summed E-state index contributed by atoms with van der Waals surface area (Å²) in [5.74, 6) is -0.775. The van der Waals surface area contributed by atoms with Crippen molar-refractivity contribution in [1.29, 1.82) is 0 Å². The Balaban J connectivity index is 2.22. The van der Waals surface area contributed by atoms with Gasteiger partial charge in [0.1, 0.15) is 5.69 Å². The second kappa shape index (κ2) is 5.61. The fourth-order valence-corrected chi connectivity index (χ4v) is 1.67. The van der Waals surface area contributed by atoms with E-state index in [9.17, 15) is 18.0 Å². The lowest BCUT2D eigenvalue weighted by Gasteiger charge is -2.09. The third-order valence-corrected chi connectivity index (χ3v) is 2.92. The maximum atomic E-state index is 12.6. The van der Waals surface area contributed by atoms with Crippen LogP contribution in [0.5, 0.6) is 0 Å². The van der Waals surface area contributed by atoms with E-state index in [1.807, 2.05) is 0 Å². The third-order valence-electron chi connectivity index (χ3n) is 2.57. The second-order valence-corrected chi connectivity index (χ2v) is 4.53. The molecule has 4 nitrogen and oxygen atoms in total. The highest BCUT2D eigenvalue weighted by atomic mass is 35.5. The summed E-state index contributed by atoms with van der Waals surface area (Å²) in [6, 6.07) is 5.80. The maximum Gasteiger partial charge on any atom is 0.416 e. The van der Waals surface area contributed by atoms with Gasteiger partial charge in [0.2, 0.25) is 0 Å². The lowest BCUT2D eigenvalue weighted by molar-refractivity contribution is -0.137. The zero-order valence-electron chi connectivity index (χ0n) is 10.4. The number of halogens is 4. The van der Waals surface area contributed by atoms with E-state index in [1.165, 1.54) is 18.2 Å². The highest BCUT2D eigenvalue weighted by Crippen LogP contribution is 2.29. The number of hydrogen-bond donors (Lipinski definition) is 2. The molecule has 8 heteroatoms. The van der Waals surface area contributed by atoms with E-state index in [2.05, 4.69) is 10.3 Å². The van der Waals surface area contributed by atoms with Crippen molar-refractivity contribution >= 4 is 28.9 Å². The van der Waals surface area contributed by atoms with Crippen LogP contribution in [-0.2, 0) is 6.18 Å². The number of hydrogen-bond acceptors (Lipinski definition) is 3. The number of benzene rings is 1. The fraction of sp³-hybridized carbons (Fsp3) is 0.0769. The van der Waals surface area contributed by atoms with Gasteiger partial charge < -0.3 is 11.1 Å².